The maximum atomic E-state index is 2.46. The molecule has 0 bridgehead atoms. The summed E-state index contributed by atoms with van der Waals surface area (Å²) in [5.41, 5.74) is 0.543. The number of hydrogen-bond acceptors (Lipinski definition) is 0. The second-order valence-electron chi connectivity index (χ2n) is 6.89. The van der Waals surface area contributed by atoms with Gasteiger partial charge >= 0.3 is 0 Å². The molecule has 0 heterocycles. The molecule has 0 amide bonds. The molecule has 0 aliphatic carbocycles. The molecule has 0 aromatic rings. The second kappa shape index (κ2) is 12.5. The summed E-state index contributed by atoms with van der Waals surface area (Å²) in [4.78, 5) is 0. The molecular formula is C21H43. The summed E-state index contributed by atoms with van der Waals surface area (Å²) in [6.07, 6.45) is 16.6. The average Bonchev–Trinajstić information content (AvgIpc) is 2.51. The van der Waals surface area contributed by atoms with E-state index in [1.807, 2.05) is 5.92 Å². The second-order valence-corrected chi connectivity index (χ2v) is 6.89. The standard InChI is InChI=1S/C21H43/c1-7-13-15-17-20(11-5)21(12-6,18-16-14-8-2)19(9-3)10-4/h19H,7-18H2,1-6H3. The molecule has 0 fully saturated rings. The van der Waals surface area contributed by atoms with Gasteiger partial charge in [0.15, 0.2) is 0 Å². The van der Waals surface area contributed by atoms with E-state index in [0.717, 1.165) is 5.92 Å². The van der Waals surface area contributed by atoms with Gasteiger partial charge in [0.25, 0.3) is 0 Å². The molecule has 0 heteroatoms. The van der Waals surface area contributed by atoms with Gasteiger partial charge in [-0.2, -0.15) is 0 Å². The van der Waals surface area contributed by atoms with E-state index in [1.165, 1.54) is 77.0 Å². The first kappa shape index (κ1) is 21.0. The predicted molar refractivity (Wildman–Crippen MR) is 98.6 cm³/mol. The van der Waals surface area contributed by atoms with Crippen LogP contribution in [0, 0.1) is 17.3 Å². The zero-order valence-electron chi connectivity index (χ0n) is 16.1. The Balaban J connectivity index is 5.08. The van der Waals surface area contributed by atoms with Crippen molar-refractivity contribution in [3.05, 3.63) is 5.92 Å². The molecule has 0 aliphatic rings. The summed E-state index contributed by atoms with van der Waals surface area (Å²) in [6, 6.07) is 0. The van der Waals surface area contributed by atoms with Crippen molar-refractivity contribution >= 4 is 0 Å². The molecule has 1 atom stereocenters. The van der Waals surface area contributed by atoms with Gasteiger partial charge in [-0.25, -0.2) is 0 Å². The lowest BCUT2D eigenvalue weighted by Gasteiger charge is -2.46. The SMILES string of the molecule is CCCCC[C](CC)C(CC)(CCCCC)C(CC)CC. The van der Waals surface area contributed by atoms with Crippen molar-refractivity contribution in [2.24, 2.45) is 11.3 Å². The van der Waals surface area contributed by atoms with Crippen molar-refractivity contribution in [3.8, 4) is 0 Å². The topological polar surface area (TPSA) is 0 Å². The van der Waals surface area contributed by atoms with Gasteiger partial charge in [-0.1, -0.05) is 92.9 Å². The van der Waals surface area contributed by atoms with E-state index in [2.05, 4.69) is 41.5 Å². The van der Waals surface area contributed by atoms with Gasteiger partial charge in [0.2, 0.25) is 0 Å². The van der Waals surface area contributed by atoms with Crippen LogP contribution in [0.15, 0.2) is 0 Å². The minimum atomic E-state index is 0.543. The highest BCUT2D eigenvalue weighted by Crippen LogP contribution is 2.51. The highest BCUT2D eigenvalue weighted by atomic mass is 14.4. The molecule has 127 valence electrons. The van der Waals surface area contributed by atoms with E-state index in [0.29, 0.717) is 5.41 Å². The summed E-state index contributed by atoms with van der Waals surface area (Å²) in [5, 5.41) is 0. The Labute approximate surface area is 136 Å². The van der Waals surface area contributed by atoms with Crippen LogP contribution >= 0.6 is 0 Å². The Morgan fingerprint density at radius 2 is 1.33 bits per heavy atom. The van der Waals surface area contributed by atoms with E-state index in [-0.39, 0.29) is 0 Å². The van der Waals surface area contributed by atoms with Crippen molar-refractivity contribution < 1.29 is 0 Å². The molecule has 0 aromatic carbocycles. The summed E-state index contributed by atoms with van der Waals surface area (Å²) in [6.45, 7) is 14.3. The quantitative estimate of drug-likeness (QED) is 0.285. The maximum Gasteiger partial charge on any atom is -0.0179 e. The van der Waals surface area contributed by atoms with Crippen molar-refractivity contribution in [3.63, 3.8) is 0 Å². The average molecular weight is 296 g/mol. The Hall–Kier alpha value is 0. The van der Waals surface area contributed by atoms with Crippen molar-refractivity contribution in [2.75, 3.05) is 0 Å². The molecule has 0 aromatic heterocycles. The molecule has 0 spiro atoms. The first-order valence-electron chi connectivity index (χ1n) is 10.0. The minimum absolute atomic E-state index is 0.543. The monoisotopic (exact) mass is 295 g/mol. The van der Waals surface area contributed by atoms with Gasteiger partial charge in [-0.15, -0.1) is 0 Å². The van der Waals surface area contributed by atoms with Crippen molar-refractivity contribution in [2.45, 2.75) is 119 Å². The largest absolute Gasteiger partial charge is 0.0654 e. The van der Waals surface area contributed by atoms with E-state index >= 15 is 0 Å². The molecule has 1 radical (unpaired) electrons. The molecule has 1 unspecified atom stereocenters. The first-order valence-corrected chi connectivity index (χ1v) is 10.0. The predicted octanol–water partition coefficient (Wildman–Crippen LogP) is 7.96. The fourth-order valence-electron chi connectivity index (χ4n) is 4.51. The number of hydrogen-bond donors (Lipinski definition) is 0. The van der Waals surface area contributed by atoms with Crippen LogP contribution in [0.4, 0.5) is 0 Å². The van der Waals surface area contributed by atoms with Gasteiger partial charge in [-0.05, 0) is 42.9 Å². The smallest absolute Gasteiger partial charge is 0.0179 e. The lowest BCUT2D eigenvalue weighted by Crippen LogP contribution is -2.36. The Bertz CT molecular complexity index is 216. The van der Waals surface area contributed by atoms with E-state index in [4.69, 9.17) is 0 Å². The third kappa shape index (κ3) is 6.33. The highest BCUT2D eigenvalue weighted by Gasteiger charge is 2.40. The maximum absolute atomic E-state index is 2.46. The third-order valence-corrected chi connectivity index (χ3v) is 5.84. The molecule has 0 N–H and O–H groups in total. The fraction of sp³-hybridized carbons (Fsp3) is 0.952. The van der Waals surface area contributed by atoms with Crippen LogP contribution in [0.1, 0.15) is 119 Å². The van der Waals surface area contributed by atoms with Gasteiger partial charge in [0.05, 0.1) is 0 Å². The molecule has 21 heavy (non-hydrogen) atoms. The van der Waals surface area contributed by atoms with Crippen LogP contribution in [-0.4, -0.2) is 0 Å². The molecule has 0 rings (SSSR count). The summed E-state index contributed by atoms with van der Waals surface area (Å²) in [5.74, 6) is 2.80. The first-order chi connectivity index (χ1) is 10.2. The van der Waals surface area contributed by atoms with Crippen LogP contribution < -0.4 is 0 Å². The Kier molecular flexibility index (Phi) is 12.5. The number of rotatable bonds is 14. The van der Waals surface area contributed by atoms with E-state index in [1.54, 1.807) is 0 Å². The van der Waals surface area contributed by atoms with E-state index in [9.17, 15) is 0 Å². The normalized spacial score (nSPS) is 14.9. The zero-order chi connectivity index (χ0) is 16.1. The van der Waals surface area contributed by atoms with Gasteiger partial charge in [0, 0.05) is 0 Å². The number of unbranched alkanes of at least 4 members (excludes halogenated alkanes) is 4. The van der Waals surface area contributed by atoms with Gasteiger partial charge in [-0.3, -0.25) is 0 Å². The van der Waals surface area contributed by atoms with Crippen LogP contribution in [0.3, 0.4) is 0 Å². The van der Waals surface area contributed by atoms with Gasteiger partial charge in [0.1, 0.15) is 0 Å². The molecule has 0 nitrogen and oxygen atoms in total. The van der Waals surface area contributed by atoms with Gasteiger partial charge < -0.3 is 0 Å². The summed E-state index contributed by atoms with van der Waals surface area (Å²) >= 11 is 0. The molecule has 0 saturated carbocycles. The molecular weight excluding hydrogens is 252 g/mol. The minimum Gasteiger partial charge on any atom is -0.0654 e. The fourth-order valence-corrected chi connectivity index (χ4v) is 4.51. The van der Waals surface area contributed by atoms with Crippen molar-refractivity contribution in [1.29, 1.82) is 0 Å². The third-order valence-electron chi connectivity index (χ3n) is 5.84. The molecule has 0 saturated heterocycles. The summed E-state index contributed by atoms with van der Waals surface area (Å²) in [7, 11) is 0. The summed E-state index contributed by atoms with van der Waals surface area (Å²) < 4.78 is 0. The highest BCUT2D eigenvalue weighted by molar-refractivity contribution is 5.08. The van der Waals surface area contributed by atoms with E-state index < -0.39 is 0 Å². The Morgan fingerprint density at radius 3 is 1.76 bits per heavy atom. The van der Waals surface area contributed by atoms with Crippen LogP contribution in [0.5, 0.6) is 0 Å². The van der Waals surface area contributed by atoms with Crippen LogP contribution in [0.2, 0.25) is 0 Å². The Morgan fingerprint density at radius 1 is 0.762 bits per heavy atom. The van der Waals surface area contributed by atoms with Crippen molar-refractivity contribution in [1.82, 2.24) is 0 Å². The molecule has 0 aliphatic heterocycles. The lowest BCUT2D eigenvalue weighted by molar-refractivity contribution is 0.123. The van der Waals surface area contributed by atoms with Crippen LogP contribution in [-0.2, 0) is 0 Å². The zero-order valence-corrected chi connectivity index (χ0v) is 16.1. The lowest BCUT2D eigenvalue weighted by atomic mass is 9.58. The van der Waals surface area contributed by atoms with Crippen LogP contribution in [0.25, 0.3) is 0 Å².